The number of aliphatic hydroxyl groups excluding tert-OH is 1. The molecule has 4 rings (SSSR count). The molecular formula is C32H37N3O5. The highest BCUT2D eigenvalue weighted by Gasteiger charge is 2.46. The molecule has 1 amide bonds. The maximum atomic E-state index is 13.4. The highest BCUT2D eigenvalue weighted by Crippen LogP contribution is 2.42. The number of benzene rings is 2. The van der Waals surface area contributed by atoms with Crippen molar-refractivity contribution < 1.29 is 24.2 Å². The molecule has 2 aromatic carbocycles. The second kappa shape index (κ2) is 13.8. The first kappa shape index (κ1) is 28.8. The number of hydrogen-bond donors (Lipinski definition) is 1. The molecule has 8 nitrogen and oxygen atoms in total. The summed E-state index contributed by atoms with van der Waals surface area (Å²) >= 11 is 0. The molecule has 1 aliphatic heterocycles. The third-order valence-corrected chi connectivity index (χ3v) is 7.08. The first-order valence-electron chi connectivity index (χ1n) is 13.8. The van der Waals surface area contributed by atoms with Gasteiger partial charge < -0.3 is 24.4 Å². The lowest BCUT2D eigenvalue weighted by Crippen LogP contribution is -2.33. The van der Waals surface area contributed by atoms with Gasteiger partial charge in [0.25, 0.3) is 11.7 Å². The van der Waals surface area contributed by atoms with Gasteiger partial charge in [0.1, 0.15) is 12.4 Å². The normalized spacial score (nSPS) is 16.5. The Hall–Kier alpha value is -4.17. The van der Waals surface area contributed by atoms with Gasteiger partial charge in [-0.2, -0.15) is 0 Å². The number of carbonyl (C=O) groups excluding carboxylic acids is 2. The number of likely N-dealkylation sites (tertiary alicyclic amines) is 1. The van der Waals surface area contributed by atoms with Crippen molar-refractivity contribution in [1.82, 2.24) is 14.8 Å². The Morgan fingerprint density at radius 3 is 2.35 bits per heavy atom. The van der Waals surface area contributed by atoms with E-state index in [4.69, 9.17) is 9.47 Å². The van der Waals surface area contributed by atoms with Gasteiger partial charge in [0.05, 0.1) is 18.2 Å². The molecule has 0 radical (unpaired) electrons. The molecular weight excluding hydrogens is 506 g/mol. The van der Waals surface area contributed by atoms with E-state index < -0.39 is 17.7 Å². The molecule has 1 saturated heterocycles. The fraction of sp³-hybridized carbons (Fsp3) is 0.344. The topological polar surface area (TPSA) is 92.2 Å². The van der Waals surface area contributed by atoms with Gasteiger partial charge in [0.15, 0.2) is 11.5 Å². The fourth-order valence-corrected chi connectivity index (χ4v) is 4.94. The van der Waals surface area contributed by atoms with E-state index in [1.165, 1.54) is 12.4 Å². The van der Waals surface area contributed by atoms with Gasteiger partial charge >= 0.3 is 0 Å². The minimum Gasteiger partial charge on any atom is -0.507 e. The molecule has 210 valence electrons. The molecule has 0 saturated carbocycles. The van der Waals surface area contributed by atoms with E-state index in [-0.39, 0.29) is 11.3 Å². The summed E-state index contributed by atoms with van der Waals surface area (Å²) in [5, 5.41) is 11.3. The molecule has 1 N–H and O–H groups in total. The number of aliphatic hydroxyl groups is 1. The van der Waals surface area contributed by atoms with Gasteiger partial charge in [-0.25, -0.2) is 0 Å². The van der Waals surface area contributed by atoms with E-state index in [1.54, 1.807) is 29.2 Å². The summed E-state index contributed by atoms with van der Waals surface area (Å²) in [6.07, 6.45) is 3.77. The second-order valence-electron chi connectivity index (χ2n) is 9.52. The van der Waals surface area contributed by atoms with E-state index in [9.17, 15) is 14.7 Å². The van der Waals surface area contributed by atoms with Crippen LogP contribution in [0.25, 0.3) is 5.76 Å². The van der Waals surface area contributed by atoms with Crippen molar-refractivity contribution in [3.05, 3.63) is 95.3 Å². The van der Waals surface area contributed by atoms with Gasteiger partial charge in [0.2, 0.25) is 0 Å². The molecule has 1 unspecified atom stereocenters. The molecule has 0 aliphatic carbocycles. The molecule has 1 aromatic heterocycles. The van der Waals surface area contributed by atoms with Crippen LogP contribution in [0.15, 0.2) is 78.6 Å². The molecule has 40 heavy (non-hydrogen) atoms. The zero-order valence-electron chi connectivity index (χ0n) is 23.4. The summed E-state index contributed by atoms with van der Waals surface area (Å²) in [5.41, 5.74) is 2.16. The number of amides is 1. The number of ketones is 1. The zero-order valence-corrected chi connectivity index (χ0v) is 23.4. The minimum absolute atomic E-state index is 0.0550. The average molecular weight is 544 g/mol. The Morgan fingerprint density at radius 2 is 1.68 bits per heavy atom. The molecule has 0 spiro atoms. The lowest BCUT2D eigenvalue weighted by Gasteiger charge is -2.27. The predicted octanol–water partition coefficient (Wildman–Crippen LogP) is 5.21. The average Bonchev–Trinajstić information content (AvgIpc) is 3.24. The van der Waals surface area contributed by atoms with Gasteiger partial charge in [-0.15, -0.1) is 0 Å². The SMILES string of the molecule is CCOc1cc(C2C(=C(O)c3ccncc3)C(=O)C(=O)N2CCCN(CC)CC)ccc1OCc1ccccc1. The van der Waals surface area contributed by atoms with Crippen molar-refractivity contribution in [3.8, 4) is 11.5 Å². The van der Waals surface area contributed by atoms with Gasteiger partial charge in [0, 0.05) is 24.5 Å². The minimum atomic E-state index is -0.771. The quantitative estimate of drug-likeness (QED) is 0.180. The summed E-state index contributed by atoms with van der Waals surface area (Å²) in [6, 6.07) is 17.7. The second-order valence-corrected chi connectivity index (χ2v) is 9.52. The molecule has 3 aromatic rings. The van der Waals surface area contributed by atoms with Crippen LogP contribution in [0.5, 0.6) is 11.5 Å². The number of nitrogens with zero attached hydrogens (tertiary/aromatic N) is 3. The lowest BCUT2D eigenvalue weighted by molar-refractivity contribution is -0.140. The van der Waals surface area contributed by atoms with Crippen molar-refractivity contribution in [1.29, 1.82) is 0 Å². The van der Waals surface area contributed by atoms with Crippen LogP contribution in [-0.2, 0) is 16.2 Å². The van der Waals surface area contributed by atoms with E-state index >= 15 is 0 Å². The van der Waals surface area contributed by atoms with Crippen molar-refractivity contribution in [3.63, 3.8) is 0 Å². The van der Waals surface area contributed by atoms with Crippen LogP contribution in [-0.4, -0.2) is 64.4 Å². The lowest BCUT2D eigenvalue weighted by atomic mass is 9.95. The zero-order chi connectivity index (χ0) is 28.5. The number of ether oxygens (including phenoxy) is 2. The fourth-order valence-electron chi connectivity index (χ4n) is 4.94. The summed E-state index contributed by atoms with van der Waals surface area (Å²) in [4.78, 5) is 34.5. The van der Waals surface area contributed by atoms with Crippen molar-refractivity contribution in [2.45, 2.75) is 39.8 Å². The first-order valence-corrected chi connectivity index (χ1v) is 13.8. The Bertz CT molecular complexity index is 1320. The third kappa shape index (κ3) is 6.51. The van der Waals surface area contributed by atoms with Crippen LogP contribution in [0.3, 0.4) is 0 Å². The molecule has 1 fully saturated rings. The van der Waals surface area contributed by atoms with Gasteiger partial charge in [-0.3, -0.25) is 14.6 Å². The molecule has 2 heterocycles. The Kier molecular flexibility index (Phi) is 9.91. The Labute approximate surface area is 235 Å². The first-order chi connectivity index (χ1) is 19.5. The Balaban J connectivity index is 1.72. The van der Waals surface area contributed by atoms with Crippen molar-refractivity contribution in [2.75, 3.05) is 32.8 Å². The Morgan fingerprint density at radius 1 is 0.950 bits per heavy atom. The molecule has 0 bridgehead atoms. The van der Waals surface area contributed by atoms with Crippen LogP contribution < -0.4 is 9.47 Å². The summed E-state index contributed by atoms with van der Waals surface area (Å²) in [6.45, 7) is 9.83. The molecule has 8 heteroatoms. The summed E-state index contributed by atoms with van der Waals surface area (Å²) < 4.78 is 12.0. The number of rotatable bonds is 13. The number of aromatic nitrogens is 1. The molecule has 1 atom stereocenters. The summed E-state index contributed by atoms with van der Waals surface area (Å²) in [5.74, 6) is -0.484. The maximum Gasteiger partial charge on any atom is 0.295 e. The van der Waals surface area contributed by atoms with Crippen LogP contribution in [0.1, 0.15) is 49.9 Å². The smallest absolute Gasteiger partial charge is 0.295 e. The van der Waals surface area contributed by atoms with Crippen molar-refractivity contribution >= 4 is 17.4 Å². The summed E-state index contributed by atoms with van der Waals surface area (Å²) in [7, 11) is 0. The van der Waals surface area contributed by atoms with E-state index in [1.807, 2.05) is 43.3 Å². The van der Waals surface area contributed by atoms with E-state index in [0.29, 0.717) is 48.8 Å². The van der Waals surface area contributed by atoms with E-state index in [2.05, 4.69) is 23.7 Å². The highest BCUT2D eigenvalue weighted by molar-refractivity contribution is 6.46. The van der Waals surface area contributed by atoms with Crippen LogP contribution in [0, 0.1) is 0 Å². The highest BCUT2D eigenvalue weighted by atomic mass is 16.5. The molecule has 1 aliphatic rings. The number of Topliss-reactive ketones (excluding diaryl/α,β-unsaturated/α-hetero) is 1. The van der Waals surface area contributed by atoms with Crippen LogP contribution in [0.2, 0.25) is 0 Å². The standard InChI is InChI=1S/C32H37N3O5/c1-4-34(5-2)19-10-20-35-29(28(31(37)32(35)38)30(36)24-15-17-33-18-16-24)25-13-14-26(27(21-25)39-6-3)40-22-23-11-8-7-9-12-23/h7-9,11-18,21,29,36H,4-6,10,19-20,22H2,1-3H3. The predicted molar refractivity (Wildman–Crippen MR) is 154 cm³/mol. The monoisotopic (exact) mass is 543 g/mol. The van der Waals surface area contributed by atoms with Crippen molar-refractivity contribution in [2.24, 2.45) is 0 Å². The number of carbonyl (C=O) groups is 2. The van der Waals surface area contributed by atoms with Gasteiger partial charge in [-0.05, 0) is 68.4 Å². The van der Waals surface area contributed by atoms with E-state index in [0.717, 1.165) is 25.2 Å². The van der Waals surface area contributed by atoms with Gasteiger partial charge in [-0.1, -0.05) is 50.2 Å². The number of hydrogen-bond acceptors (Lipinski definition) is 7. The largest absolute Gasteiger partial charge is 0.507 e. The van der Waals surface area contributed by atoms with Crippen LogP contribution >= 0.6 is 0 Å². The number of pyridine rings is 1. The third-order valence-electron chi connectivity index (χ3n) is 7.08. The maximum absolute atomic E-state index is 13.4. The van der Waals surface area contributed by atoms with Crippen LogP contribution in [0.4, 0.5) is 0 Å².